The second-order valence-corrected chi connectivity index (χ2v) is 8.14. The Labute approximate surface area is 116 Å². The molecule has 0 aromatic rings. The molecule has 0 saturated heterocycles. The lowest BCUT2D eigenvalue weighted by Crippen LogP contribution is -2.47. The third kappa shape index (κ3) is 2.34. The number of hydrogen-bond donors (Lipinski definition) is 1. The SMILES string of the molecule is CC(C)(C)/C(=C\C(=O)O)C1C2CC3CC(C2)CC1C3. The minimum absolute atomic E-state index is 0.0154. The van der Waals surface area contributed by atoms with E-state index < -0.39 is 5.97 Å². The van der Waals surface area contributed by atoms with Gasteiger partial charge >= 0.3 is 5.97 Å². The maximum Gasteiger partial charge on any atom is 0.328 e. The fraction of sp³-hybridized carbons (Fsp3) is 0.824. The van der Waals surface area contributed by atoms with E-state index in [0.29, 0.717) is 5.92 Å². The van der Waals surface area contributed by atoms with Crippen molar-refractivity contribution in [2.45, 2.75) is 52.9 Å². The first-order valence-corrected chi connectivity index (χ1v) is 7.79. The lowest BCUT2D eigenvalue weighted by Gasteiger charge is -2.56. The molecule has 4 aliphatic rings. The van der Waals surface area contributed by atoms with E-state index in [1.165, 1.54) is 43.8 Å². The van der Waals surface area contributed by atoms with E-state index in [-0.39, 0.29) is 5.41 Å². The first-order chi connectivity index (χ1) is 8.84. The molecule has 4 saturated carbocycles. The molecule has 0 spiro atoms. The monoisotopic (exact) mass is 262 g/mol. The Hall–Kier alpha value is -0.790. The van der Waals surface area contributed by atoms with Gasteiger partial charge in [-0.15, -0.1) is 0 Å². The molecule has 4 aliphatic carbocycles. The first-order valence-electron chi connectivity index (χ1n) is 7.79. The van der Waals surface area contributed by atoms with Gasteiger partial charge in [-0.1, -0.05) is 26.3 Å². The fourth-order valence-corrected chi connectivity index (χ4v) is 5.38. The van der Waals surface area contributed by atoms with E-state index in [9.17, 15) is 9.90 Å². The van der Waals surface area contributed by atoms with Gasteiger partial charge in [0, 0.05) is 6.08 Å². The molecule has 4 rings (SSSR count). The molecule has 0 radical (unpaired) electrons. The van der Waals surface area contributed by atoms with Crippen molar-refractivity contribution in [2.24, 2.45) is 35.0 Å². The van der Waals surface area contributed by atoms with Gasteiger partial charge in [-0.25, -0.2) is 4.79 Å². The molecular weight excluding hydrogens is 236 g/mol. The zero-order valence-corrected chi connectivity index (χ0v) is 12.4. The fourth-order valence-electron chi connectivity index (χ4n) is 5.38. The van der Waals surface area contributed by atoms with Crippen LogP contribution in [0.4, 0.5) is 0 Å². The predicted octanol–water partition coefficient (Wildman–Crippen LogP) is 4.12. The molecule has 19 heavy (non-hydrogen) atoms. The molecular formula is C17H26O2. The van der Waals surface area contributed by atoms with E-state index in [1.807, 2.05) is 0 Å². The molecule has 0 unspecified atom stereocenters. The van der Waals surface area contributed by atoms with Crippen molar-refractivity contribution in [3.05, 3.63) is 11.6 Å². The summed E-state index contributed by atoms with van der Waals surface area (Å²) in [5.74, 6) is 3.21. The van der Waals surface area contributed by atoms with Crippen LogP contribution in [0, 0.1) is 35.0 Å². The Morgan fingerprint density at radius 3 is 1.84 bits per heavy atom. The second kappa shape index (κ2) is 4.36. The number of hydrogen-bond acceptors (Lipinski definition) is 1. The topological polar surface area (TPSA) is 37.3 Å². The molecule has 0 atom stereocenters. The van der Waals surface area contributed by atoms with Crippen LogP contribution in [0.5, 0.6) is 0 Å². The molecule has 0 aliphatic heterocycles. The first kappa shape index (κ1) is 13.2. The van der Waals surface area contributed by atoms with Crippen molar-refractivity contribution in [1.82, 2.24) is 0 Å². The Balaban J connectivity index is 1.93. The maximum atomic E-state index is 11.2. The van der Waals surface area contributed by atoms with Gasteiger partial charge < -0.3 is 5.11 Å². The Bertz CT molecular complexity index is 385. The molecule has 1 N–H and O–H groups in total. The molecule has 4 bridgehead atoms. The zero-order valence-electron chi connectivity index (χ0n) is 12.4. The summed E-state index contributed by atoms with van der Waals surface area (Å²) in [7, 11) is 0. The van der Waals surface area contributed by atoms with Crippen molar-refractivity contribution in [3.63, 3.8) is 0 Å². The highest BCUT2D eigenvalue weighted by Gasteiger charge is 2.50. The van der Waals surface area contributed by atoms with Gasteiger partial charge in [0.2, 0.25) is 0 Å². The Morgan fingerprint density at radius 2 is 1.47 bits per heavy atom. The van der Waals surface area contributed by atoms with Gasteiger partial charge in [-0.2, -0.15) is 0 Å². The van der Waals surface area contributed by atoms with Crippen LogP contribution in [0.1, 0.15) is 52.9 Å². The van der Waals surface area contributed by atoms with E-state index in [0.717, 1.165) is 23.7 Å². The van der Waals surface area contributed by atoms with Crippen molar-refractivity contribution in [1.29, 1.82) is 0 Å². The van der Waals surface area contributed by atoms with Gasteiger partial charge in [-0.05, 0) is 67.1 Å². The van der Waals surface area contributed by atoms with Crippen LogP contribution in [0.15, 0.2) is 11.6 Å². The summed E-state index contributed by atoms with van der Waals surface area (Å²) in [5.41, 5.74) is 1.19. The summed E-state index contributed by atoms with van der Waals surface area (Å²) >= 11 is 0. The summed E-state index contributed by atoms with van der Waals surface area (Å²) in [5, 5.41) is 9.23. The molecule has 106 valence electrons. The van der Waals surface area contributed by atoms with Crippen LogP contribution in [0.2, 0.25) is 0 Å². The number of rotatable bonds is 2. The third-order valence-electron chi connectivity index (χ3n) is 5.73. The maximum absolute atomic E-state index is 11.2. The number of carboxylic acid groups (broad SMARTS) is 1. The van der Waals surface area contributed by atoms with Gasteiger partial charge in [0.05, 0.1) is 0 Å². The van der Waals surface area contributed by atoms with E-state index in [4.69, 9.17) is 0 Å². The van der Waals surface area contributed by atoms with Crippen LogP contribution in [-0.4, -0.2) is 11.1 Å². The van der Waals surface area contributed by atoms with Crippen LogP contribution in [0.25, 0.3) is 0 Å². The quantitative estimate of drug-likeness (QED) is 0.760. The molecule has 0 heterocycles. The lowest BCUT2D eigenvalue weighted by atomic mass is 9.49. The van der Waals surface area contributed by atoms with Crippen molar-refractivity contribution < 1.29 is 9.90 Å². The summed E-state index contributed by atoms with van der Waals surface area (Å²) in [6, 6.07) is 0. The van der Waals surface area contributed by atoms with Gasteiger partial charge in [0.15, 0.2) is 0 Å². The van der Waals surface area contributed by atoms with Gasteiger partial charge in [0.25, 0.3) is 0 Å². The summed E-state index contributed by atoms with van der Waals surface area (Å²) in [4.78, 5) is 11.2. The molecule has 0 aromatic carbocycles. The minimum Gasteiger partial charge on any atom is -0.478 e. The Kier molecular flexibility index (Phi) is 3.03. The lowest BCUT2D eigenvalue weighted by molar-refractivity contribution is -0.131. The number of carboxylic acids is 1. The van der Waals surface area contributed by atoms with E-state index >= 15 is 0 Å². The third-order valence-corrected chi connectivity index (χ3v) is 5.73. The minimum atomic E-state index is -0.765. The van der Waals surface area contributed by atoms with Crippen LogP contribution >= 0.6 is 0 Å². The number of aliphatic carboxylic acids is 1. The average molecular weight is 262 g/mol. The number of allylic oxidation sites excluding steroid dienone is 1. The second-order valence-electron chi connectivity index (χ2n) is 8.14. The van der Waals surface area contributed by atoms with E-state index in [1.54, 1.807) is 0 Å². The molecule has 0 aromatic heterocycles. The zero-order chi connectivity index (χ0) is 13.8. The molecule has 2 nitrogen and oxygen atoms in total. The average Bonchev–Trinajstić information content (AvgIpc) is 2.24. The number of carbonyl (C=O) groups is 1. The highest BCUT2D eigenvalue weighted by molar-refractivity contribution is 5.81. The van der Waals surface area contributed by atoms with E-state index in [2.05, 4.69) is 20.8 Å². The highest BCUT2D eigenvalue weighted by Crippen LogP contribution is 2.60. The van der Waals surface area contributed by atoms with Crippen molar-refractivity contribution in [2.75, 3.05) is 0 Å². The molecule has 2 heteroatoms. The summed E-state index contributed by atoms with van der Waals surface area (Å²) < 4.78 is 0. The van der Waals surface area contributed by atoms with Crippen LogP contribution in [0.3, 0.4) is 0 Å². The highest BCUT2D eigenvalue weighted by atomic mass is 16.4. The standard InChI is InChI=1S/C17H26O2/c1-17(2,3)14(9-15(18)19)16-12-5-10-4-11(7-12)8-13(16)6-10/h9-13,16H,4-8H2,1-3H3,(H,18,19)/b14-9-. The van der Waals surface area contributed by atoms with Crippen molar-refractivity contribution in [3.8, 4) is 0 Å². The van der Waals surface area contributed by atoms with Gasteiger partial charge in [0.1, 0.15) is 0 Å². The summed E-state index contributed by atoms with van der Waals surface area (Å²) in [6.07, 6.45) is 8.39. The summed E-state index contributed by atoms with van der Waals surface area (Å²) in [6.45, 7) is 6.52. The van der Waals surface area contributed by atoms with Gasteiger partial charge in [-0.3, -0.25) is 0 Å². The molecule has 4 fully saturated rings. The Morgan fingerprint density at radius 1 is 1.00 bits per heavy atom. The smallest absolute Gasteiger partial charge is 0.328 e. The predicted molar refractivity (Wildman–Crippen MR) is 75.7 cm³/mol. The van der Waals surface area contributed by atoms with Crippen molar-refractivity contribution >= 4 is 5.97 Å². The van der Waals surface area contributed by atoms with Crippen LogP contribution in [-0.2, 0) is 4.79 Å². The molecule has 0 amide bonds. The van der Waals surface area contributed by atoms with Crippen LogP contribution < -0.4 is 0 Å². The largest absolute Gasteiger partial charge is 0.478 e. The normalized spacial score (nSPS) is 41.6.